The fourth-order valence-corrected chi connectivity index (χ4v) is 2.08. The molecule has 5 unspecified atom stereocenters. The number of pyridine rings is 1. The van der Waals surface area contributed by atoms with E-state index in [1.54, 1.807) is 12.1 Å². The molecule has 8 heteroatoms. The highest BCUT2D eigenvalue weighted by molar-refractivity contribution is 9.10. The largest absolute Gasteiger partial charge is 0.444 e. The lowest BCUT2D eigenvalue weighted by Crippen LogP contribution is -2.60. The van der Waals surface area contributed by atoms with E-state index in [2.05, 4.69) is 20.9 Å². The first-order valence-electron chi connectivity index (χ1n) is 5.62. The van der Waals surface area contributed by atoms with Crippen LogP contribution in [0.15, 0.2) is 22.8 Å². The summed E-state index contributed by atoms with van der Waals surface area (Å²) < 4.78 is 11.1. The summed E-state index contributed by atoms with van der Waals surface area (Å²) in [5.74, 6) is 0.173. The van der Waals surface area contributed by atoms with E-state index < -0.39 is 37.3 Å². The van der Waals surface area contributed by atoms with Gasteiger partial charge in [-0.15, -0.1) is 0 Å². The van der Waals surface area contributed by atoms with Gasteiger partial charge in [0, 0.05) is 6.20 Å². The lowest BCUT2D eigenvalue weighted by Gasteiger charge is -2.39. The van der Waals surface area contributed by atoms with Gasteiger partial charge in [0.2, 0.25) is 12.2 Å². The van der Waals surface area contributed by atoms with Crippen molar-refractivity contribution in [3.05, 3.63) is 22.8 Å². The summed E-state index contributed by atoms with van der Waals surface area (Å²) >= 11 is 3.22. The quantitative estimate of drug-likeness (QED) is 0.561. The molecule has 7 nitrogen and oxygen atoms in total. The Bertz CT molecular complexity index is 431. The molecule has 1 aliphatic rings. The van der Waals surface area contributed by atoms with Gasteiger partial charge in [-0.1, -0.05) is 0 Å². The average molecular weight is 336 g/mol. The van der Waals surface area contributed by atoms with Crippen LogP contribution in [0.4, 0.5) is 0 Å². The van der Waals surface area contributed by atoms with E-state index in [0.29, 0.717) is 4.47 Å². The molecule has 1 aromatic rings. The van der Waals surface area contributed by atoms with Crippen molar-refractivity contribution in [2.75, 3.05) is 6.61 Å². The van der Waals surface area contributed by atoms with Crippen LogP contribution < -0.4 is 4.74 Å². The maximum absolute atomic E-state index is 9.79. The van der Waals surface area contributed by atoms with Crippen molar-refractivity contribution < 1.29 is 29.9 Å². The molecule has 0 spiro atoms. The first kappa shape index (κ1) is 14.6. The van der Waals surface area contributed by atoms with Crippen molar-refractivity contribution in [2.24, 2.45) is 0 Å². The summed E-state index contributed by atoms with van der Waals surface area (Å²) in [6, 6.07) is 3.37. The molecule has 1 aromatic heterocycles. The van der Waals surface area contributed by atoms with Crippen LogP contribution in [0.2, 0.25) is 0 Å². The predicted octanol–water partition coefficient (Wildman–Crippen LogP) is -0.977. The summed E-state index contributed by atoms with van der Waals surface area (Å²) in [5, 5.41) is 38.1. The molecule has 0 saturated carbocycles. The van der Waals surface area contributed by atoms with Crippen LogP contribution >= 0.6 is 15.9 Å². The minimum atomic E-state index is -1.47. The fraction of sp³-hybridized carbons (Fsp3) is 0.545. The molecule has 1 saturated heterocycles. The SMILES string of the molecule is OCC1OC(Oc2ncccc2Br)C(O)C(O)C1O. The molecule has 19 heavy (non-hydrogen) atoms. The maximum atomic E-state index is 9.79. The Morgan fingerprint density at radius 1 is 1.26 bits per heavy atom. The van der Waals surface area contributed by atoms with Gasteiger partial charge in [0.25, 0.3) is 0 Å². The topological polar surface area (TPSA) is 112 Å². The number of hydrogen-bond donors (Lipinski definition) is 4. The van der Waals surface area contributed by atoms with Crippen LogP contribution in [0.5, 0.6) is 5.88 Å². The van der Waals surface area contributed by atoms with Crippen molar-refractivity contribution in [1.29, 1.82) is 0 Å². The van der Waals surface area contributed by atoms with Gasteiger partial charge in [0.1, 0.15) is 24.4 Å². The number of rotatable bonds is 3. The average Bonchev–Trinajstić information content (AvgIpc) is 2.41. The van der Waals surface area contributed by atoms with Crippen molar-refractivity contribution in [2.45, 2.75) is 30.7 Å². The van der Waals surface area contributed by atoms with Crippen molar-refractivity contribution in [1.82, 2.24) is 4.98 Å². The Labute approximate surface area is 117 Å². The highest BCUT2D eigenvalue weighted by Gasteiger charge is 2.44. The fourth-order valence-electron chi connectivity index (χ4n) is 1.73. The second kappa shape index (κ2) is 6.12. The maximum Gasteiger partial charge on any atom is 0.231 e. The van der Waals surface area contributed by atoms with Gasteiger partial charge in [-0.3, -0.25) is 0 Å². The normalized spacial score (nSPS) is 35.1. The molecule has 1 aliphatic heterocycles. The lowest BCUT2D eigenvalue weighted by molar-refractivity contribution is -0.278. The number of ether oxygens (including phenoxy) is 2. The lowest BCUT2D eigenvalue weighted by atomic mass is 9.99. The third kappa shape index (κ3) is 3.04. The second-order valence-corrected chi connectivity index (χ2v) is 4.96. The van der Waals surface area contributed by atoms with E-state index in [-0.39, 0.29) is 5.88 Å². The summed E-state index contributed by atoms with van der Waals surface area (Å²) in [6.45, 7) is -0.506. The van der Waals surface area contributed by atoms with E-state index in [1.165, 1.54) is 6.20 Å². The Hall–Kier alpha value is -0.770. The van der Waals surface area contributed by atoms with E-state index in [9.17, 15) is 15.3 Å². The number of aliphatic hydroxyl groups excluding tert-OH is 4. The molecule has 0 aromatic carbocycles. The molecule has 0 amide bonds. The Balaban J connectivity index is 2.13. The standard InChI is InChI=1S/C11H14BrNO6/c12-5-2-1-3-13-10(5)19-11-9(17)8(16)7(15)6(4-14)18-11/h1-3,6-9,11,14-17H,4H2. The molecule has 0 aliphatic carbocycles. The molecule has 2 rings (SSSR count). The number of aromatic nitrogens is 1. The van der Waals surface area contributed by atoms with Gasteiger partial charge in [0.15, 0.2) is 0 Å². The first-order valence-corrected chi connectivity index (χ1v) is 6.41. The van der Waals surface area contributed by atoms with Gasteiger partial charge < -0.3 is 29.9 Å². The van der Waals surface area contributed by atoms with E-state index in [0.717, 1.165) is 0 Å². The molecule has 5 atom stereocenters. The minimum absolute atomic E-state index is 0.173. The van der Waals surface area contributed by atoms with Gasteiger partial charge in [-0.2, -0.15) is 0 Å². The number of aliphatic hydroxyl groups is 4. The molecule has 2 heterocycles. The smallest absolute Gasteiger partial charge is 0.231 e. The minimum Gasteiger partial charge on any atom is -0.444 e. The molecule has 4 N–H and O–H groups in total. The van der Waals surface area contributed by atoms with Gasteiger partial charge >= 0.3 is 0 Å². The predicted molar refractivity (Wildman–Crippen MR) is 66.3 cm³/mol. The number of halogens is 1. The highest BCUT2D eigenvalue weighted by atomic mass is 79.9. The van der Waals surface area contributed by atoms with Gasteiger partial charge in [0.05, 0.1) is 11.1 Å². The van der Waals surface area contributed by atoms with Crippen LogP contribution in [0.3, 0.4) is 0 Å². The molecule has 0 radical (unpaired) electrons. The van der Waals surface area contributed by atoms with Crippen LogP contribution in [0, 0.1) is 0 Å². The molecule has 0 bridgehead atoms. The molecular formula is C11H14BrNO6. The zero-order chi connectivity index (χ0) is 14.0. The zero-order valence-electron chi connectivity index (χ0n) is 9.76. The summed E-state index contributed by atoms with van der Waals surface area (Å²) in [4.78, 5) is 3.93. The van der Waals surface area contributed by atoms with Crippen LogP contribution in [0.1, 0.15) is 0 Å². The van der Waals surface area contributed by atoms with Gasteiger partial charge in [-0.25, -0.2) is 4.98 Å². The molecular weight excluding hydrogens is 322 g/mol. The first-order chi connectivity index (χ1) is 9.04. The molecule has 106 valence electrons. The number of hydrogen-bond acceptors (Lipinski definition) is 7. The number of nitrogens with zero attached hydrogens (tertiary/aromatic N) is 1. The van der Waals surface area contributed by atoms with E-state index in [4.69, 9.17) is 14.6 Å². The summed E-state index contributed by atoms with van der Waals surface area (Å²) in [5.41, 5.74) is 0. The second-order valence-electron chi connectivity index (χ2n) is 4.11. The van der Waals surface area contributed by atoms with Crippen molar-refractivity contribution in [3.8, 4) is 5.88 Å². The summed E-state index contributed by atoms with van der Waals surface area (Å²) in [6.07, 6.45) is -5.09. The Morgan fingerprint density at radius 2 is 2.00 bits per heavy atom. The van der Waals surface area contributed by atoms with Crippen LogP contribution in [-0.2, 0) is 4.74 Å². The monoisotopic (exact) mass is 335 g/mol. The van der Waals surface area contributed by atoms with Crippen LogP contribution in [0.25, 0.3) is 0 Å². The van der Waals surface area contributed by atoms with Crippen molar-refractivity contribution >= 4 is 15.9 Å². The van der Waals surface area contributed by atoms with E-state index >= 15 is 0 Å². The Morgan fingerprint density at radius 3 is 2.63 bits per heavy atom. The third-order valence-corrected chi connectivity index (χ3v) is 3.40. The molecule has 1 fully saturated rings. The third-order valence-electron chi connectivity index (χ3n) is 2.80. The highest BCUT2D eigenvalue weighted by Crippen LogP contribution is 2.27. The zero-order valence-corrected chi connectivity index (χ0v) is 11.3. The summed E-state index contributed by atoms with van der Waals surface area (Å²) in [7, 11) is 0. The van der Waals surface area contributed by atoms with E-state index in [1.807, 2.05) is 0 Å². The van der Waals surface area contributed by atoms with Crippen LogP contribution in [-0.4, -0.2) is 62.7 Å². The Kier molecular flexibility index (Phi) is 4.71. The van der Waals surface area contributed by atoms with Crippen molar-refractivity contribution in [3.63, 3.8) is 0 Å². The van der Waals surface area contributed by atoms with Gasteiger partial charge in [-0.05, 0) is 28.1 Å².